The molecule has 21 heavy (non-hydrogen) atoms. The second-order valence-corrected chi connectivity index (χ2v) is 6.57. The second kappa shape index (κ2) is 5.96. The van der Waals surface area contributed by atoms with E-state index in [0.29, 0.717) is 19.4 Å². The van der Waals surface area contributed by atoms with Crippen molar-refractivity contribution in [3.8, 4) is 0 Å². The van der Waals surface area contributed by atoms with E-state index in [1.807, 2.05) is 0 Å². The molecule has 1 amide bonds. The van der Waals surface area contributed by atoms with Crippen LogP contribution in [0.5, 0.6) is 0 Å². The zero-order chi connectivity index (χ0) is 15.6. The lowest BCUT2D eigenvalue weighted by atomic mass is 10.1. The van der Waals surface area contributed by atoms with E-state index in [1.165, 1.54) is 0 Å². The first kappa shape index (κ1) is 15.7. The molecule has 1 fully saturated rings. The first-order valence-electron chi connectivity index (χ1n) is 6.05. The Labute approximate surface area is 125 Å². The number of carbonyl (C=O) groups is 1. The van der Waals surface area contributed by atoms with Crippen LogP contribution in [0.1, 0.15) is 12.8 Å². The van der Waals surface area contributed by atoms with Crippen LogP contribution in [0.15, 0.2) is 23.1 Å². The number of halogens is 1. The number of non-ortho nitro benzene ring substituents is 1. The maximum atomic E-state index is 12.2. The minimum absolute atomic E-state index is 0.149. The highest BCUT2D eigenvalue weighted by molar-refractivity contribution is 7.89. The van der Waals surface area contributed by atoms with Gasteiger partial charge in [0.2, 0.25) is 15.9 Å². The Morgan fingerprint density at radius 3 is 2.76 bits per heavy atom. The average molecular weight is 334 g/mol. The van der Waals surface area contributed by atoms with Gasteiger partial charge in [-0.3, -0.25) is 14.9 Å². The quantitative estimate of drug-likeness (QED) is 0.624. The van der Waals surface area contributed by atoms with Gasteiger partial charge in [-0.1, -0.05) is 11.6 Å². The van der Waals surface area contributed by atoms with Crippen LogP contribution < -0.4 is 10.0 Å². The molecule has 8 nitrogen and oxygen atoms in total. The summed E-state index contributed by atoms with van der Waals surface area (Å²) < 4.78 is 26.7. The molecule has 1 atom stereocenters. The van der Waals surface area contributed by atoms with E-state index in [2.05, 4.69) is 10.0 Å². The number of nitro benzene ring substituents is 1. The fourth-order valence-electron chi connectivity index (χ4n) is 1.95. The van der Waals surface area contributed by atoms with Crippen LogP contribution in [0.2, 0.25) is 5.02 Å². The summed E-state index contributed by atoms with van der Waals surface area (Å²) in [4.78, 5) is 21.2. The summed E-state index contributed by atoms with van der Waals surface area (Å²) in [5.74, 6) is -0.425. The molecule has 1 aliphatic heterocycles. The third-order valence-electron chi connectivity index (χ3n) is 3.00. The largest absolute Gasteiger partial charge is 0.355 e. The number of carbonyl (C=O) groups excluding carboxylic acids is 1. The number of nitrogens with zero attached hydrogens (tertiary/aromatic N) is 1. The summed E-state index contributed by atoms with van der Waals surface area (Å²) in [7, 11) is -4.13. The number of piperidine rings is 1. The smallest absolute Gasteiger partial charge is 0.270 e. The minimum atomic E-state index is -4.13. The lowest BCUT2D eigenvalue weighted by Gasteiger charge is -2.22. The number of rotatable bonds is 4. The standard InChI is InChI=1S/C11H12ClN3O5S/c12-8-4-3-7(15(17)18)6-10(8)21(19,20)14-9-2-1-5-13-11(9)16/h3-4,6,9,14H,1-2,5H2,(H,13,16). The number of sulfonamides is 1. The van der Waals surface area contributed by atoms with Gasteiger partial charge in [0.15, 0.2) is 0 Å². The van der Waals surface area contributed by atoms with Gasteiger partial charge in [0.05, 0.1) is 9.95 Å². The Kier molecular flexibility index (Phi) is 4.45. The molecule has 1 unspecified atom stereocenters. The van der Waals surface area contributed by atoms with Crippen molar-refractivity contribution < 1.29 is 18.1 Å². The van der Waals surface area contributed by atoms with Crippen LogP contribution in [0.4, 0.5) is 5.69 Å². The van der Waals surface area contributed by atoms with Crippen molar-refractivity contribution in [2.45, 2.75) is 23.8 Å². The van der Waals surface area contributed by atoms with Crippen molar-refractivity contribution in [1.82, 2.24) is 10.0 Å². The summed E-state index contributed by atoms with van der Waals surface area (Å²) in [6, 6.07) is 2.20. The van der Waals surface area contributed by atoms with Gasteiger partial charge in [-0.2, -0.15) is 4.72 Å². The van der Waals surface area contributed by atoms with Crippen molar-refractivity contribution in [3.63, 3.8) is 0 Å². The molecule has 2 N–H and O–H groups in total. The molecule has 1 heterocycles. The average Bonchev–Trinajstić information content (AvgIpc) is 2.41. The highest BCUT2D eigenvalue weighted by Gasteiger charge is 2.29. The van der Waals surface area contributed by atoms with Crippen LogP contribution in [0.3, 0.4) is 0 Å². The lowest BCUT2D eigenvalue weighted by Crippen LogP contribution is -2.50. The Bertz CT molecular complexity index is 691. The van der Waals surface area contributed by atoms with Gasteiger partial charge in [-0.15, -0.1) is 0 Å². The minimum Gasteiger partial charge on any atom is -0.355 e. The molecule has 0 bridgehead atoms. The van der Waals surface area contributed by atoms with Gasteiger partial charge in [-0.25, -0.2) is 8.42 Å². The highest BCUT2D eigenvalue weighted by atomic mass is 35.5. The molecule has 1 aromatic rings. The predicted molar refractivity (Wildman–Crippen MR) is 74.5 cm³/mol. The summed E-state index contributed by atoms with van der Waals surface area (Å²) in [5.41, 5.74) is -0.395. The number of amides is 1. The topological polar surface area (TPSA) is 118 Å². The lowest BCUT2D eigenvalue weighted by molar-refractivity contribution is -0.385. The van der Waals surface area contributed by atoms with Gasteiger partial charge in [0.25, 0.3) is 5.69 Å². The summed E-state index contributed by atoms with van der Waals surface area (Å²) in [6.07, 6.45) is 0.999. The van der Waals surface area contributed by atoms with Crippen LogP contribution in [-0.4, -0.2) is 31.8 Å². The van der Waals surface area contributed by atoms with E-state index in [0.717, 1.165) is 18.2 Å². The molecule has 0 saturated carbocycles. The van der Waals surface area contributed by atoms with Gasteiger partial charge in [0.1, 0.15) is 10.9 Å². The Balaban J connectivity index is 2.32. The number of hydrogen-bond donors (Lipinski definition) is 2. The molecular formula is C11H12ClN3O5S. The number of benzene rings is 1. The first-order valence-corrected chi connectivity index (χ1v) is 7.91. The van der Waals surface area contributed by atoms with E-state index in [1.54, 1.807) is 0 Å². The van der Waals surface area contributed by atoms with Crippen LogP contribution in [0.25, 0.3) is 0 Å². The molecule has 0 aliphatic carbocycles. The molecule has 0 spiro atoms. The number of hydrogen-bond acceptors (Lipinski definition) is 5. The Morgan fingerprint density at radius 2 is 2.14 bits per heavy atom. The van der Waals surface area contributed by atoms with Crippen LogP contribution >= 0.6 is 11.6 Å². The zero-order valence-corrected chi connectivity index (χ0v) is 12.3. The maximum absolute atomic E-state index is 12.2. The molecule has 2 rings (SSSR count). The molecular weight excluding hydrogens is 322 g/mol. The van der Waals surface area contributed by atoms with Crippen LogP contribution in [-0.2, 0) is 14.8 Å². The fraction of sp³-hybridized carbons (Fsp3) is 0.364. The molecule has 1 saturated heterocycles. The number of nitro groups is 1. The summed E-state index contributed by atoms with van der Waals surface area (Å²) in [6.45, 7) is 0.495. The predicted octanol–water partition coefficient (Wildman–Crippen LogP) is 0.805. The maximum Gasteiger partial charge on any atom is 0.270 e. The molecule has 1 aromatic carbocycles. The van der Waals surface area contributed by atoms with Gasteiger partial charge in [0, 0.05) is 18.7 Å². The zero-order valence-electron chi connectivity index (χ0n) is 10.7. The van der Waals surface area contributed by atoms with Crippen molar-refractivity contribution >= 4 is 33.2 Å². The molecule has 114 valence electrons. The molecule has 10 heteroatoms. The van der Waals surface area contributed by atoms with E-state index in [4.69, 9.17) is 11.6 Å². The van der Waals surface area contributed by atoms with E-state index in [-0.39, 0.29) is 5.02 Å². The normalized spacial score (nSPS) is 19.1. The molecule has 1 aliphatic rings. The number of nitrogens with one attached hydrogen (secondary N) is 2. The van der Waals surface area contributed by atoms with Gasteiger partial charge >= 0.3 is 0 Å². The summed E-state index contributed by atoms with van der Waals surface area (Å²) >= 11 is 5.80. The monoisotopic (exact) mass is 333 g/mol. The van der Waals surface area contributed by atoms with E-state index >= 15 is 0 Å². The summed E-state index contributed by atoms with van der Waals surface area (Å²) in [5, 5.41) is 13.1. The Hall–Kier alpha value is -1.71. The third-order valence-corrected chi connectivity index (χ3v) is 4.95. The highest BCUT2D eigenvalue weighted by Crippen LogP contribution is 2.26. The first-order chi connectivity index (χ1) is 9.81. The Morgan fingerprint density at radius 1 is 1.43 bits per heavy atom. The van der Waals surface area contributed by atoms with E-state index < -0.39 is 37.5 Å². The van der Waals surface area contributed by atoms with E-state index in [9.17, 15) is 23.3 Å². The third kappa shape index (κ3) is 3.49. The molecule has 0 aromatic heterocycles. The van der Waals surface area contributed by atoms with Gasteiger partial charge < -0.3 is 5.32 Å². The van der Waals surface area contributed by atoms with Crippen molar-refractivity contribution in [1.29, 1.82) is 0 Å². The van der Waals surface area contributed by atoms with Crippen molar-refractivity contribution in [2.24, 2.45) is 0 Å². The SMILES string of the molecule is O=C1NCCCC1NS(=O)(=O)c1cc([N+](=O)[O-])ccc1Cl. The van der Waals surface area contributed by atoms with Crippen LogP contribution in [0, 0.1) is 10.1 Å². The second-order valence-electron chi connectivity index (χ2n) is 4.48. The molecule has 0 radical (unpaired) electrons. The van der Waals surface area contributed by atoms with Crippen molar-refractivity contribution in [3.05, 3.63) is 33.3 Å². The van der Waals surface area contributed by atoms with Gasteiger partial charge in [-0.05, 0) is 18.9 Å². The van der Waals surface area contributed by atoms with Crippen molar-refractivity contribution in [2.75, 3.05) is 6.54 Å². The fourth-order valence-corrected chi connectivity index (χ4v) is 3.70.